The Bertz CT molecular complexity index is 161. The van der Waals surface area contributed by atoms with Crippen LogP contribution in [0.5, 0.6) is 0 Å². The van der Waals surface area contributed by atoms with E-state index in [2.05, 4.69) is 10.1 Å². The number of rotatable bonds is 1. The van der Waals surface area contributed by atoms with Gasteiger partial charge in [0.2, 0.25) is 0 Å². The summed E-state index contributed by atoms with van der Waals surface area (Å²) in [6.07, 6.45) is 1.63. The van der Waals surface area contributed by atoms with Gasteiger partial charge in [0.25, 0.3) is 0 Å². The van der Waals surface area contributed by atoms with Crippen LogP contribution in [0.1, 0.15) is 12.8 Å². The fourth-order valence-electron chi connectivity index (χ4n) is 1.51. The van der Waals surface area contributed by atoms with E-state index < -0.39 is 0 Å². The summed E-state index contributed by atoms with van der Waals surface area (Å²) in [5, 5.41) is 3.20. The molecule has 0 spiro atoms. The van der Waals surface area contributed by atoms with E-state index in [1.807, 2.05) is 0 Å². The van der Waals surface area contributed by atoms with Crippen molar-refractivity contribution in [3.63, 3.8) is 0 Å². The first-order chi connectivity index (χ1) is 5.75. The zero-order valence-corrected chi connectivity index (χ0v) is 7.38. The molecule has 0 aromatic rings. The fourth-order valence-corrected chi connectivity index (χ4v) is 1.51. The standard InChI is InChI=1S/C8H16N2O2/c1-12-8(11)6-2-4-10-5-3-7(6)9/h6-7,10H,2-5,9H2,1H3/t6-,7-/m0/s1. The summed E-state index contributed by atoms with van der Waals surface area (Å²) in [4.78, 5) is 11.2. The molecular formula is C8H16N2O2. The lowest BCUT2D eigenvalue weighted by atomic mass is 9.96. The normalized spacial score (nSPS) is 30.8. The first-order valence-corrected chi connectivity index (χ1v) is 4.30. The molecule has 0 radical (unpaired) electrons. The van der Waals surface area contributed by atoms with Gasteiger partial charge in [0, 0.05) is 6.04 Å². The number of hydrogen-bond acceptors (Lipinski definition) is 4. The van der Waals surface area contributed by atoms with Gasteiger partial charge in [0.15, 0.2) is 0 Å². The van der Waals surface area contributed by atoms with Gasteiger partial charge in [-0.05, 0) is 25.9 Å². The lowest BCUT2D eigenvalue weighted by Gasteiger charge is -2.17. The van der Waals surface area contributed by atoms with Crippen LogP contribution in [0, 0.1) is 5.92 Å². The number of nitrogens with one attached hydrogen (secondary N) is 1. The molecule has 12 heavy (non-hydrogen) atoms. The van der Waals surface area contributed by atoms with Crippen LogP contribution in [-0.4, -0.2) is 32.2 Å². The van der Waals surface area contributed by atoms with Crippen LogP contribution < -0.4 is 11.1 Å². The van der Waals surface area contributed by atoms with Crippen molar-refractivity contribution in [3.8, 4) is 0 Å². The number of carbonyl (C=O) groups excluding carboxylic acids is 1. The minimum Gasteiger partial charge on any atom is -0.469 e. The highest BCUT2D eigenvalue weighted by molar-refractivity contribution is 5.73. The molecule has 4 heteroatoms. The monoisotopic (exact) mass is 172 g/mol. The largest absolute Gasteiger partial charge is 0.469 e. The maximum atomic E-state index is 11.2. The summed E-state index contributed by atoms with van der Waals surface area (Å²) in [7, 11) is 1.41. The second kappa shape index (κ2) is 4.42. The molecule has 1 aliphatic rings. The van der Waals surface area contributed by atoms with Crippen molar-refractivity contribution >= 4 is 5.97 Å². The summed E-state index contributed by atoms with van der Waals surface area (Å²) >= 11 is 0. The average molecular weight is 172 g/mol. The van der Waals surface area contributed by atoms with Crippen LogP contribution in [0.3, 0.4) is 0 Å². The second-order valence-corrected chi connectivity index (χ2v) is 3.12. The summed E-state index contributed by atoms with van der Waals surface area (Å²) in [5.74, 6) is -0.295. The molecule has 2 atom stereocenters. The molecule has 0 aromatic heterocycles. The molecule has 0 aliphatic carbocycles. The van der Waals surface area contributed by atoms with Crippen LogP contribution in [0.2, 0.25) is 0 Å². The van der Waals surface area contributed by atoms with Crippen LogP contribution >= 0.6 is 0 Å². The summed E-state index contributed by atoms with van der Waals surface area (Å²) < 4.78 is 4.67. The molecule has 0 saturated carbocycles. The van der Waals surface area contributed by atoms with E-state index in [0.29, 0.717) is 0 Å². The topological polar surface area (TPSA) is 64.3 Å². The Morgan fingerprint density at radius 1 is 1.50 bits per heavy atom. The van der Waals surface area contributed by atoms with Crippen LogP contribution in [-0.2, 0) is 9.53 Å². The number of esters is 1. The predicted molar refractivity (Wildman–Crippen MR) is 45.6 cm³/mol. The third-order valence-corrected chi connectivity index (χ3v) is 2.31. The van der Waals surface area contributed by atoms with E-state index in [-0.39, 0.29) is 17.9 Å². The maximum absolute atomic E-state index is 11.2. The highest BCUT2D eigenvalue weighted by atomic mass is 16.5. The third-order valence-electron chi connectivity index (χ3n) is 2.31. The van der Waals surface area contributed by atoms with E-state index in [1.165, 1.54) is 7.11 Å². The van der Waals surface area contributed by atoms with Crippen molar-refractivity contribution in [1.29, 1.82) is 0 Å². The Morgan fingerprint density at radius 2 is 2.17 bits per heavy atom. The molecule has 70 valence electrons. The second-order valence-electron chi connectivity index (χ2n) is 3.12. The zero-order chi connectivity index (χ0) is 8.97. The van der Waals surface area contributed by atoms with Gasteiger partial charge in [0.1, 0.15) is 0 Å². The molecule has 4 nitrogen and oxygen atoms in total. The molecule has 1 saturated heterocycles. The molecule has 0 unspecified atom stereocenters. The number of ether oxygens (including phenoxy) is 1. The van der Waals surface area contributed by atoms with Crippen molar-refractivity contribution in [2.24, 2.45) is 11.7 Å². The van der Waals surface area contributed by atoms with Gasteiger partial charge >= 0.3 is 5.97 Å². The number of hydrogen-bond donors (Lipinski definition) is 2. The zero-order valence-electron chi connectivity index (χ0n) is 7.38. The minimum atomic E-state index is -0.175. The molecule has 0 amide bonds. The molecule has 1 fully saturated rings. The van der Waals surface area contributed by atoms with Gasteiger partial charge in [0.05, 0.1) is 13.0 Å². The van der Waals surface area contributed by atoms with Crippen molar-refractivity contribution in [2.75, 3.05) is 20.2 Å². The highest BCUT2D eigenvalue weighted by Gasteiger charge is 2.27. The summed E-state index contributed by atoms with van der Waals surface area (Å²) in [6.45, 7) is 1.75. The van der Waals surface area contributed by atoms with Crippen LogP contribution in [0.4, 0.5) is 0 Å². The van der Waals surface area contributed by atoms with Crippen molar-refractivity contribution < 1.29 is 9.53 Å². The molecule has 0 aromatic carbocycles. The van der Waals surface area contributed by atoms with E-state index in [4.69, 9.17) is 5.73 Å². The third kappa shape index (κ3) is 2.19. The Balaban J connectivity index is 2.52. The van der Waals surface area contributed by atoms with Gasteiger partial charge in [-0.1, -0.05) is 0 Å². The number of carbonyl (C=O) groups is 1. The minimum absolute atomic E-state index is 0.0487. The van der Waals surface area contributed by atoms with Gasteiger partial charge in [-0.15, -0.1) is 0 Å². The SMILES string of the molecule is COC(=O)[C@H]1CCNCC[C@@H]1N. The first kappa shape index (κ1) is 9.48. The Hall–Kier alpha value is -0.610. The van der Waals surface area contributed by atoms with Crippen molar-refractivity contribution in [2.45, 2.75) is 18.9 Å². The lowest BCUT2D eigenvalue weighted by Crippen LogP contribution is -2.36. The number of nitrogens with two attached hydrogens (primary N) is 1. The Labute approximate surface area is 72.5 Å². The summed E-state index contributed by atoms with van der Waals surface area (Å²) in [6, 6.07) is -0.0487. The average Bonchev–Trinajstić information content (AvgIpc) is 2.28. The molecule has 1 heterocycles. The van der Waals surface area contributed by atoms with E-state index in [1.54, 1.807) is 0 Å². The highest BCUT2D eigenvalue weighted by Crippen LogP contribution is 2.13. The summed E-state index contributed by atoms with van der Waals surface area (Å²) in [5.41, 5.74) is 5.81. The molecule has 1 rings (SSSR count). The van der Waals surface area contributed by atoms with Crippen molar-refractivity contribution in [1.82, 2.24) is 5.32 Å². The Kier molecular flexibility index (Phi) is 3.49. The van der Waals surface area contributed by atoms with Gasteiger partial charge in [-0.3, -0.25) is 4.79 Å². The molecule has 0 bridgehead atoms. The van der Waals surface area contributed by atoms with E-state index in [0.717, 1.165) is 25.9 Å². The van der Waals surface area contributed by atoms with Gasteiger partial charge in [-0.25, -0.2) is 0 Å². The molecule has 3 N–H and O–H groups in total. The maximum Gasteiger partial charge on any atom is 0.310 e. The lowest BCUT2D eigenvalue weighted by molar-refractivity contribution is -0.146. The quantitative estimate of drug-likeness (QED) is 0.523. The fraction of sp³-hybridized carbons (Fsp3) is 0.875. The number of methoxy groups -OCH3 is 1. The predicted octanol–water partition coefficient (Wildman–Crippen LogP) is -0.514. The smallest absolute Gasteiger partial charge is 0.310 e. The van der Waals surface area contributed by atoms with E-state index >= 15 is 0 Å². The van der Waals surface area contributed by atoms with Crippen LogP contribution in [0.15, 0.2) is 0 Å². The molecule has 1 aliphatic heterocycles. The van der Waals surface area contributed by atoms with Gasteiger partial charge in [-0.2, -0.15) is 0 Å². The van der Waals surface area contributed by atoms with Crippen LogP contribution in [0.25, 0.3) is 0 Å². The first-order valence-electron chi connectivity index (χ1n) is 4.30. The molecular weight excluding hydrogens is 156 g/mol. The van der Waals surface area contributed by atoms with E-state index in [9.17, 15) is 4.79 Å². The van der Waals surface area contributed by atoms with Crippen molar-refractivity contribution in [3.05, 3.63) is 0 Å². The van der Waals surface area contributed by atoms with Gasteiger partial charge < -0.3 is 15.8 Å². The Morgan fingerprint density at radius 3 is 2.83 bits per heavy atom.